The Kier molecular flexibility index (Phi) is 2.55. The molecule has 1 saturated heterocycles. The minimum absolute atomic E-state index is 0.0818. The van der Waals surface area contributed by atoms with E-state index in [1.807, 2.05) is 0 Å². The van der Waals surface area contributed by atoms with E-state index in [4.69, 9.17) is 5.73 Å². The van der Waals surface area contributed by atoms with Gasteiger partial charge in [0.25, 0.3) is 0 Å². The van der Waals surface area contributed by atoms with E-state index in [9.17, 15) is 4.79 Å². The fraction of sp³-hybridized carbons (Fsp3) is 0.938. The lowest BCUT2D eigenvalue weighted by Crippen LogP contribution is -2.70. The molecule has 2 N–H and O–H groups in total. The van der Waals surface area contributed by atoms with E-state index < -0.39 is 0 Å². The van der Waals surface area contributed by atoms with E-state index in [-0.39, 0.29) is 5.54 Å². The van der Waals surface area contributed by atoms with Crippen molar-refractivity contribution in [2.45, 2.75) is 51.0 Å². The molecule has 0 radical (unpaired) electrons. The third-order valence-corrected chi connectivity index (χ3v) is 6.54. The molecule has 4 bridgehead atoms. The highest BCUT2D eigenvalue weighted by Gasteiger charge is 2.53. The van der Waals surface area contributed by atoms with Gasteiger partial charge < -0.3 is 10.6 Å². The highest BCUT2D eigenvalue weighted by Crippen LogP contribution is 2.57. The Morgan fingerprint density at radius 3 is 2.11 bits per heavy atom. The number of amides is 1. The quantitative estimate of drug-likeness (QED) is 0.827. The Bertz CT molecular complexity index is 372. The van der Waals surface area contributed by atoms with Gasteiger partial charge in [-0.2, -0.15) is 0 Å². The van der Waals surface area contributed by atoms with Crippen molar-refractivity contribution in [3.8, 4) is 0 Å². The largest absolute Gasteiger partial charge is 0.339 e. The lowest BCUT2D eigenvalue weighted by molar-refractivity contribution is -0.156. The summed E-state index contributed by atoms with van der Waals surface area (Å²) in [4.78, 5) is 14.8. The Labute approximate surface area is 115 Å². The van der Waals surface area contributed by atoms with Crippen LogP contribution in [0.15, 0.2) is 0 Å². The highest BCUT2D eigenvalue weighted by atomic mass is 16.2. The third-order valence-electron chi connectivity index (χ3n) is 6.54. The summed E-state index contributed by atoms with van der Waals surface area (Å²) in [6, 6.07) is 0. The molecule has 1 amide bonds. The summed E-state index contributed by atoms with van der Waals surface area (Å²) in [7, 11) is 0. The van der Waals surface area contributed by atoms with Crippen LogP contribution in [0.3, 0.4) is 0 Å². The van der Waals surface area contributed by atoms with Gasteiger partial charge in [0.1, 0.15) is 0 Å². The SMILES string of the molecule is CCC1(N)CN(C(=O)C2C3CC4CC(C3)CC2C4)C1. The summed E-state index contributed by atoms with van der Waals surface area (Å²) in [5.74, 6) is 4.12. The zero-order valence-electron chi connectivity index (χ0n) is 12.0. The van der Waals surface area contributed by atoms with Gasteiger partial charge in [-0.15, -0.1) is 0 Å². The number of likely N-dealkylation sites (tertiary alicyclic amines) is 1. The molecule has 0 aromatic rings. The van der Waals surface area contributed by atoms with E-state index in [1.165, 1.54) is 32.1 Å². The van der Waals surface area contributed by atoms with Gasteiger partial charge in [0.15, 0.2) is 0 Å². The van der Waals surface area contributed by atoms with Gasteiger partial charge in [0.05, 0.1) is 5.54 Å². The van der Waals surface area contributed by atoms with Crippen LogP contribution in [-0.4, -0.2) is 29.4 Å². The summed E-state index contributed by atoms with van der Waals surface area (Å²) >= 11 is 0. The average Bonchev–Trinajstić information content (AvgIpc) is 2.33. The summed E-state index contributed by atoms with van der Waals surface area (Å²) in [5, 5.41) is 0. The third kappa shape index (κ3) is 1.77. The monoisotopic (exact) mass is 262 g/mol. The van der Waals surface area contributed by atoms with E-state index in [1.54, 1.807) is 0 Å². The first kappa shape index (κ1) is 12.2. The molecule has 1 aliphatic heterocycles. The van der Waals surface area contributed by atoms with Crippen molar-refractivity contribution in [3.05, 3.63) is 0 Å². The summed E-state index contributed by atoms with van der Waals surface area (Å²) in [5.41, 5.74) is 6.13. The molecule has 0 aromatic carbocycles. The molecule has 1 heterocycles. The topological polar surface area (TPSA) is 46.3 Å². The lowest BCUT2D eigenvalue weighted by Gasteiger charge is -2.56. The van der Waals surface area contributed by atoms with Crippen LogP contribution in [0.1, 0.15) is 45.4 Å². The molecule has 0 spiro atoms. The maximum absolute atomic E-state index is 12.8. The number of nitrogens with two attached hydrogens (primary N) is 1. The molecule has 3 heteroatoms. The maximum Gasteiger partial charge on any atom is 0.226 e. The maximum atomic E-state index is 12.8. The van der Waals surface area contributed by atoms with Crippen LogP contribution in [0.2, 0.25) is 0 Å². The van der Waals surface area contributed by atoms with Crippen LogP contribution >= 0.6 is 0 Å². The number of carbonyl (C=O) groups excluding carboxylic acids is 1. The summed E-state index contributed by atoms with van der Waals surface area (Å²) in [6.45, 7) is 3.72. The van der Waals surface area contributed by atoms with Crippen LogP contribution in [-0.2, 0) is 4.79 Å². The summed E-state index contributed by atoms with van der Waals surface area (Å²) in [6.07, 6.45) is 7.77. The van der Waals surface area contributed by atoms with Crippen LogP contribution in [0, 0.1) is 29.6 Å². The first-order valence-corrected chi connectivity index (χ1v) is 8.15. The van der Waals surface area contributed by atoms with Crippen LogP contribution < -0.4 is 5.73 Å². The molecule has 19 heavy (non-hydrogen) atoms. The molecule has 0 aromatic heterocycles. The molecular formula is C16H26N2O. The number of rotatable bonds is 2. The molecule has 5 aliphatic rings. The van der Waals surface area contributed by atoms with Gasteiger partial charge in [-0.05, 0) is 62.2 Å². The van der Waals surface area contributed by atoms with Gasteiger partial charge in [-0.1, -0.05) is 6.92 Å². The molecular weight excluding hydrogens is 236 g/mol. The Morgan fingerprint density at radius 2 is 1.63 bits per heavy atom. The van der Waals surface area contributed by atoms with Crippen molar-refractivity contribution >= 4 is 5.91 Å². The lowest BCUT2D eigenvalue weighted by atomic mass is 9.51. The second-order valence-corrected chi connectivity index (χ2v) is 7.87. The van der Waals surface area contributed by atoms with E-state index in [0.29, 0.717) is 23.7 Å². The molecule has 4 aliphatic carbocycles. The second-order valence-electron chi connectivity index (χ2n) is 7.87. The van der Waals surface area contributed by atoms with Gasteiger partial charge in [0, 0.05) is 19.0 Å². The normalized spacial score (nSPS) is 46.2. The predicted molar refractivity (Wildman–Crippen MR) is 74.3 cm³/mol. The molecule has 0 unspecified atom stereocenters. The standard InChI is InChI=1S/C16H26N2O/c1-2-16(17)8-18(9-16)15(19)14-12-4-10-3-11(6-12)7-13(14)5-10/h10-14H,2-9,17H2,1H3. The van der Waals surface area contributed by atoms with Crippen molar-refractivity contribution in [1.29, 1.82) is 0 Å². The van der Waals surface area contributed by atoms with E-state index in [2.05, 4.69) is 11.8 Å². The molecule has 106 valence electrons. The first-order chi connectivity index (χ1) is 9.08. The zero-order valence-corrected chi connectivity index (χ0v) is 12.0. The molecule has 0 atom stereocenters. The van der Waals surface area contributed by atoms with Crippen molar-refractivity contribution in [2.75, 3.05) is 13.1 Å². The molecule has 4 saturated carbocycles. The summed E-state index contributed by atoms with van der Waals surface area (Å²) < 4.78 is 0. The van der Waals surface area contributed by atoms with Crippen LogP contribution in [0.4, 0.5) is 0 Å². The Morgan fingerprint density at radius 1 is 1.11 bits per heavy atom. The zero-order chi connectivity index (χ0) is 13.2. The minimum Gasteiger partial charge on any atom is -0.339 e. The van der Waals surface area contributed by atoms with Crippen molar-refractivity contribution < 1.29 is 4.79 Å². The van der Waals surface area contributed by atoms with Crippen LogP contribution in [0.25, 0.3) is 0 Å². The van der Waals surface area contributed by atoms with E-state index >= 15 is 0 Å². The molecule has 5 fully saturated rings. The van der Waals surface area contributed by atoms with Crippen molar-refractivity contribution in [1.82, 2.24) is 4.90 Å². The number of nitrogens with zero attached hydrogens (tertiary/aromatic N) is 1. The molecule has 5 rings (SSSR count). The number of carbonyl (C=O) groups is 1. The average molecular weight is 262 g/mol. The van der Waals surface area contributed by atoms with Crippen molar-refractivity contribution in [2.24, 2.45) is 35.3 Å². The van der Waals surface area contributed by atoms with Gasteiger partial charge >= 0.3 is 0 Å². The Hall–Kier alpha value is -0.570. The predicted octanol–water partition coefficient (Wildman–Crippen LogP) is 2.01. The van der Waals surface area contributed by atoms with E-state index in [0.717, 1.165) is 31.3 Å². The number of hydrogen-bond donors (Lipinski definition) is 1. The van der Waals surface area contributed by atoms with Gasteiger partial charge in [-0.3, -0.25) is 4.79 Å². The minimum atomic E-state index is -0.0818. The first-order valence-electron chi connectivity index (χ1n) is 8.15. The number of hydrogen-bond acceptors (Lipinski definition) is 2. The van der Waals surface area contributed by atoms with Gasteiger partial charge in [0.2, 0.25) is 5.91 Å². The van der Waals surface area contributed by atoms with Gasteiger partial charge in [-0.25, -0.2) is 0 Å². The second kappa shape index (κ2) is 3.97. The fourth-order valence-electron chi connectivity index (χ4n) is 5.63. The van der Waals surface area contributed by atoms with Crippen molar-refractivity contribution in [3.63, 3.8) is 0 Å². The Balaban J connectivity index is 1.47. The fourth-order valence-corrected chi connectivity index (χ4v) is 5.63. The van der Waals surface area contributed by atoms with Crippen LogP contribution in [0.5, 0.6) is 0 Å². The highest BCUT2D eigenvalue weighted by molar-refractivity contribution is 5.81. The smallest absolute Gasteiger partial charge is 0.226 e. The molecule has 3 nitrogen and oxygen atoms in total.